The number of rotatable bonds is 4. The lowest BCUT2D eigenvalue weighted by Crippen LogP contribution is -2.53. The molecular weight excluding hydrogens is 325 g/mol. The summed E-state index contributed by atoms with van der Waals surface area (Å²) in [7, 11) is 0. The van der Waals surface area contributed by atoms with Crippen molar-refractivity contribution in [2.75, 3.05) is 38.1 Å². The van der Waals surface area contributed by atoms with Crippen LogP contribution in [0.15, 0.2) is 18.2 Å². The van der Waals surface area contributed by atoms with Crippen LogP contribution in [0.1, 0.15) is 13.3 Å². The lowest BCUT2D eigenvalue weighted by Gasteiger charge is -2.38. The van der Waals surface area contributed by atoms with Crippen molar-refractivity contribution in [2.45, 2.75) is 19.4 Å². The van der Waals surface area contributed by atoms with Gasteiger partial charge in [-0.25, -0.2) is 4.79 Å². The number of halogens is 2. The second kappa shape index (κ2) is 8.02. The zero-order valence-electron chi connectivity index (χ0n) is 12.6. The third-order valence-corrected chi connectivity index (χ3v) is 4.52. The number of aliphatic hydroxyl groups is 1. The highest BCUT2D eigenvalue weighted by Gasteiger charge is 2.25. The van der Waals surface area contributed by atoms with Crippen LogP contribution >= 0.6 is 23.2 Å². The summed E-state index contributed by atoms with van der Waals surface area (Å²) in [6, 6.07) is 4.99. The van der Waals surface area contributed by atoms with Crippen LogP contribution in [0.5, 0.6) is 0 Å². The van der Waals surface area contributed by atoms with Crippen molar-refractivity contribution < 1.29 is 9.90 Å². The smallest absolute Gasteiger partial charge is 0.321 e. The second-order valence-electron chi connectivity index (χ2n) is 5.32. The van der Waals surface area contributed by atoms with Gasteiger partial charge in [-0.3, -0.25) is 4.90 Å². The van der Waals surface area contributed by atoms with E-state index in [-0.39, 0.29) is 18.7 Å². The number of amides is 2. The molecule has 2 rings (SSSR count). The summed E-state index contributed by atoms with van der Waals surface area (Å²) < 4.78 is 0. The molecule has 0 aliphatic carbocycles. The Morgan fingerprint density at radius 3 is 2.55 bits per heavy atom. The van der Waals surface area contributed by atoms with E-state index in [9.17, 15) is 9.90 Å². The van der Waals surface area contributed by atoms with Gasteiger partial charge in [0.1, 0.15) is 0 Å². The predicted molar refractivity (Wildman–Crippen MR) is 89.8 cm³/mol. The highest BCUT2D eigenvalue weighted by Crippen LogP contribution is 2.25. The number of carbonyl (C=O) groups excluding carboxylic acids is 1. The second-order valence-corrected chi connectivity index (χ2v) is 6.17. The third-order valence-electron chi connectivity index (χ3n) is 3.97. The van der Waals surface area contributed by atoms with Crippen LogP contribution < -0.4 is 5.32 Å². The van der Waals surface area contributed by atoms with Crippen LogP contribution in [0.2, 0.25) is 10.0 Å². The Morgan fingerprint density at radius 2 is 2.00 bits per heavy atom. The minimum Gasteiger partial charge on any atom is -0.395 e. The highest BCUT2D eigenvalue weighted by molar-refractivity contribution is 6.36. The lowest BCUT2D eigenvalue weighted by molar-refractivity contribution is 0.0766. The first kappa shape index (κ1) is 17.3. The van der Waals surface area contributed by atoms with Gasteiger partial charge < -0.3 is 15.3 Å². The normalized spacial score (nSPS) is 17.4. The van der Waals surface area contributed by atoms with Crippen LogP contribution in [0, 0.1) is 0 Å². The van der Waals surface area contributed by atoms with Crippen molar-refractivity contribution in [3.8, 4) is 0 Å². The average molecular weight is 346 g/mol. The number of carbonyl (C=O) groups is 1. The molecule has 5 nitrogen and oxygen atoms in total. The summed E-state index contributed by atoms with van der Waals surface area (Å²) in [6.45, 7) is 5.01. The summed E-state index contributed by atoms with van der Waals surface area (Å²) in [4.78, 5) is 16.3. The molecule has 1 heterocycles. The Labute approximate surface area is 140 Å². The molecule has 0 radical (unpaired) electrons. The van der Waals surface area contributed by atoms with E-state index in [1.807, 2.05) is 0 Å². The first-order valence-electron chi connectivity index (χ1n) is 7.41. The zero-order chi connectivity index (χ0) is 16.1. The van der Waals surface area contributed by atoms with Gasteiger partial charge in [-0.2, -0.15) is 0 Å². The number of aliphatic hydroxyl groups excluding tert-OH is 1. The minimum absolute atomic E-state index is 0.156. The first-order valence-corrected chi connectivity index (χ1v) is 8.16. The molecule has 1 aliphatic heterocycles. The van der Waals surface area contributed by atoms with Crippen molar-refractivity contribution in [1.82, 2.24) is 9.80 Å². The number of benzene rings is 1. The molecule has 122 valence electrons. The molecule has 0 spiro atoms. The number of hydrogen-bond acceptors (Lipinski definition) is 3. The van der Waals surface area contributed by atoms with E-state index in [1.165, 1.54) is 0 Å². The quantitative estimate of drug-likeness (QED) is 0.881. The molecule has 1 aromatic rings. The molecular formula is C15H21Cl2N3O2. The molecule has 1 aromatic carbocycles. The van der Waals surface area contributed by atoms with Crippen molar-refractivity contribution in [3.63, 3.8) is 0 Å². The van der Waals surface area contributed by atoms with Gasteiger partial charge in [-0.05, 0) is 24.6 Å². The number of anilines is 1. The zero-order valence-corrected chi connectivity index (χ0v) is 14.1. The monoisotopic (exact) mass is 345 g/mol. The van der Waals surface area contributed by atoms with Crippen molar-refractivity contribution >= 4 is 34.9 Å². The Morgan fingerprint density at radius 1 is 1.32 bits per heavy atom. The summed E-state index contributed by atoms with van der Waals surface area (Å²) in [5.41, 5.74) is 0.556. The van der Waals surface area contributed by atoms with Gasteiger partial charge in [0.25, 0.3) is 0 Å². The first-order chi connectivity index (χ1) is 10.5. The molecule has 2 N–H and O–H groups in total. The van der Waals surface area contributed by atoms with E-state index in [0.29, 0.717) is 28.8 Å². The maximum atomic E-state index is 12.3. The molecule has 1 aliphatic rings. The topological polar surface area (TPSA) is 55.8 Å². The largest absolute Gasteiger partial charge is 0.395 e. The molecule has 0 bridgehead atoms. The fourth-order valence-corrected chi connectivity index (χ4v) is 3.03. The van der Waals surface area contributed by atoms with E-state index in [0.717, 1.165) is 19.5 Å². The Hall–Kier alpha value is -1.01. The fourth-order valence-electron chi connectivity index (χ4n) is 2.58. The average Bonchev–Trinajstić information content (AvgIpc) is 2.52. The van der Waals surface area contributed by atoms with Crippen LogP contribution in [-0.2, 0) is 0 Å². The van der Waals surface area contributed by atoms with Gasteiger partial charge in [0.2, 0.25) is 0 Å². The van der Waals surface area contributed by atoms with Crippen LogP contribution in [-0.4, -0.2) is 59.8 Å². The predicted octanol–water partition coefficient (Wildman–Crippen LogP) is 2.91. The molecule has 7 heteroatoms. The molecule has 1 atom stereocenters. The van der Waals surface area contributed by atoms with Gasteiger partial charge in [0, 0.05) is 37.2 Å². The lowest BCUT2D eigenvalue weighted by atomic mass is 10.2. The van der Waals surface area contributed by atoms with Crippen molar-refractivity contribution in [2.24, 2.45) is 0 Å². The molecule has 1 unspecified atom stereocenters. The molecule has 0 saturated carbocycles. The number of hydrogen-bond donors (Lipinski definition) is 2. The molecule has 22 heavy (non-hydrogen) atoms. The SMILES string of the molecule is CCC(CO)N1CCN(C(=O)Nc2ccc(Cl)cc2Cl)CC1. The number of piperazine rings is 1. The minimum atomic E-state index is -0.166. The molecule has 1 fully saturated rings. The Bertz CT molecular complexity index is 516. The van der Waals surface area contributed by atoms with E-state index in [1.54, 1.807) is 23.1 Å². The van der Waals surface area contributed by atoms with Crippen molar-refractivity contribution in [1.29, 1.82) is 0 Å². The third kappa shape index (κ3) is 4.26. The van der Waals surface area contributed by atoms with E-state index in [4.69, 9.17) is 23.2 Å². The molecule has 2 amide bonds. The highest BCUT2D eigenvalue weighted by atomic mass is 35.5. The Balaban J connectivity index is 1.90. The van der Waals surface area contributed by atoms with Gasteiger partial charge in [-0.1, -0.05) is 30.1 Å². The number of nitrogens with one attached hydrogen (secondary N) is 1. The van der Waals surface area contributed by atoms with E-state index >= 15 is 0 Å². The number of urea groups is 1. The van der Waals surface area contributed by atoms with Gasteiger partial charge in [-0.15, -0.1) is 0 Å². The van der Waals surface area contributed by atoms with Crippen molar-refractivity contribution in [3.05, 3.63) is 28.2 Å². The van der Waals surface area contributed by atoms with Gasteiger partial charge in [0.05, 0.1) is 17.3 Å². The molecule has 1 saturated heterocycles. The maximum Gasteiger partial charge on any atom is 0.321 e. The van der Waals surface area contributed by atoms with E-state index in [2.05, 4.69) is 17.1 Å². The fraction of sp³-hybridized carbons (Fsp3) is 0.533. The van der Waals surface area contributed by atoms with Crippen LogP contribution in [0.25, 0.3) is 0 Å². The summed E-state index contributed by atoms with van der Waals surface area (Å²) >= 11 is 11.9. The number of nitrogens with zero attached hydrogens (tertiary/aromatic N) is 2. The van der Waals surface area contributed by atoms with Gasteiger partial charge in [0.15, 0.2) is 0 Å². The van der Waals surface area contributed by atoms with Crippen LogP contribution in [0.4, 0.5) is 10.5 Å². The molecule has 0 aromatic heterocycles. The maximum absolute atomic E-state index is 12.3. The summed E-state index contributed by atoms with van der Waals surface area (Å²) in [6.07, 6.45) is 0.906. The van der Waals surface area contributed by atoms with Crippen LogP contribution in [0.3, 0.4) is 0 Å². The van der Waals surface area contributed by atoms with Gasteiger partial charge >= 0.3 is 6.03 Å². The van der Waals surface area contributed by atoms with E-state index < -0.39 is 0 Å². The Kier molecular flexibility index (Phi) is 6.32. The summed E-state index contributed by atoms with van der Waals surface area (Å²) in [5, 5.41) is 13.1. The summed E-state index contributed by atoms with van der Waals surface area (Å²) in [5.74, 6) is 0. The standard InChI is InChI=1S/C15H21Cl2N3O2/c1-2-12(10-21)19-5-7-20(8-6-19)15(22)18-14-4-3-11(16)9-13(14)17/h3-4,9,12,21H,2,5-8,10H2,1H3,(H,18,22).